The maximum atomic E-state index is 9.61. The van der Waals surface area contributed by atoms with Crippen LogP contribution in [0, 0.1) is 16.7 Å². The van der Waals surface area contributed by atoms with Gasteiger partial charge in [0.15, 0.2) is 0 Å². The standard InChI is InChI=1S/C5H12O4.C4H3NO2/c6-1-5(2-7,3-8)4-9;1-3(2-5)4(6)7/h6-9H,1-4H2;1H2,(H,6,7). The number of carboxylic acid groups (broad SMARTS) is 1. The van der Waals surface area contributed by atoms with Crippen LogP contribution < -0.4 is 0 Å². The molecule has 0 saturated heterocycles. The molecule has 0 aromatic carbocycles. The predicted octanol–water partition coefficient (Wildman–Crippen LogP) is -1.91. The normalized spacial score (nSPS) is 9.69. The highest BCUT2D eigenvalue weighted by atomic mass is 16.4. The summed E-state index contributed by atoms with van der Waals surface area (Å²) < 4.78 is 0. The second-order valence-corrected chi connectivity index (χ2v) is 3.03. The summed E-state index contributed by atoms with van der Waals surface area (Å²) >= 11 is 0. The van der Waals surface area contributed by atoms with Crippen molar-refractivity contribution in [3.05, 3.63) is 12.2 Å². The van der Waals surface area contributed by atoms with E-state index in [1.54, 1.807) is 0 Å². The highest BCUT2D eigenvalue weighted by molar-refractivity contribution is 5.90. The van der Waals surface area contributed by atoms with Gasteiger partial charge in [-0.15, -0.1) is 0 Å². The summed E-state index contributed by atoms with van der Waals surface area (Å²) in [5.41, 5.74) is -1.54. The SMILES string of the molecule is C=C(C#N)C(=O)O.OCC(CO)(CO)CO. The lowest BCUT2D eigenvalue weighted by molar-refractivity contribution is -0.132. The highest BCUT2D eigenvalue weighted by Crippen LogP contribution is 2.11. The van der Waals surface area contributed by atoms with Gasteiger partial charge in [0.1, 0.15) is 11.6 Å². The zero-order valence-corrected chi connectivity index (χ0v) is 8.63. The molecular weight excluding hydrogens is 218 g/mol. The van der Waals surface area contributed by atoms with Crippen molar-refractivity contribution in [3.8, 4) is 6.07 Å². The van der Waals surface area contributed by atoms with Crippen molar-refractivity contribution >= 4 is 5.97 Å². The maximum absolute atomic E-state index is 9.61. The lowest BCUT2D eigenvalue weighted by atomic mass is 9.93. The number of aliphatic hydroxyl groups is 4. The van der Waals surface area contributed by atoms with Crippen LogP contribution in [-0.4, -0.2) is 57.9 Å². The molecule has 0 saturated carbocycles. The topological polar surface area (TPSA) is 142 Å². The molecule has 0 aliphatic carbocycles. The first-order chi connectivity index (χ1) is 7.42. The molecule has 0 heterocycles. The maximum Gasteiger partial charge on any atom is 0.345 e. The molecule has 0 aliphatic heterocycles. The van der Waals surface area contributed by atoms with Gasteiger partial charge < -0.3 is 25.5 Å². The Hall–Kier alpha value is -1.46. The molecule has 0 aromatic heterocycles. The lowest BCUT2D eigenvalue weighted by Crippen LogP contribution is -2.37. The van der Waals surface area contributed by atoms with Gasteiger partial charge in [-0.1, -0.05) is 6.58 Å². The molecule has 0 unspecified atom stereocenters. The van der Waals surface area contributed by atoms with Crippen LogP contribution >= 0.6 is 0 Å². The second-order valence-electron chi connectivity index (χ2n) is 3.03. The number of nitrogens with zero attached hydrogens (tertiary/aromatic N) is 1. The minimum atomic E-state index is -1.26. The summed E-state index contributed by atoms with van der Waals surface area (Å²) in [5.74, 6) is -1.26. The lowest BCUT2D eigenvalue weighted by Gasteiger charge is -2.23. The molecule has 0 aliphatic rings. The van der Waals surface area contributed by atoms with Crippen molar-refractivity contribution < 1.29 is 30.3 Å². The second kappa shape index (κ2) is 8.82. The van der Waals surface area contributed by atoms with E-state index in [2.05, 4.69) is 6.58 Å². The fraction of sp³-hybridized carbons (Fsp3) is 0.556. The molecule has 5 N–H and O–H groups in total. The Morgan fingerprint density at radius 1 is 1.12 bits per heavy atom. The number of aliphatic carboxylic acids is 1. The fourth-order valence-electron chi connectivity index (χ4n) is 0.348. The summed E-state index contributed by atoms with van der Waals surface area (Å²) in [7, 11) is 0. The van der Waals surface area contributed by atoms with Gasteiger partial charge in [-0.05, 0) is 0 Å². The third kappa shape index (κ3) is 6.10. The number of hydrogen-bond acceptors (Lipinski definition) is 6. The molecule has 0 amide bonds. The van der Waals surface area contributed by atoms with Crippen LogP contribution in [0.25, 0.3) is 0 Å². The summed E-state index contributed by atoms with van der Waals surface area (Å²) in [4.78, 5) is 9.61. The number of rotatable bonds is 5. The first kappa shape index (κ1) is 17.0. The Morgan fingerprint density at radius 3 is 1.44 bits per heavy atom. The van der Waals surface area contributed by atoms with E-state index in [4.69, 9.17) is 30.8 Å². The highest BCUT2D eigenvalue weighted by Gasteiger charge is 2.26. The average Bonchev–Trinajstić information content (AvgIpc) is 2.32. The van der Waals surface area contributed by atoms with Crippen molar-refractivity contribution in [1.29, 1.82) is 5.26 Å². The number of hydrogen-bond donors (Lipinski definition) is 5. The van der Waals surface area contributed by atoms with E-state index < -0.39 is 43.4 Å². The van der Waals surface area contributed by atoms with Gasteiger partial charge in [0.25, 0.3) is 0 Å². The molecule has 92 valence electrons. The molecule has 0 bridgehead atoms. The molecule has 7 heteroatoms. The van der Waals surface area contributed by atoms with E-state index >= 15 is 0 Å². The Bertz CT molecular complexity index is 248. The van der Waals surface area contributed by atoms with Crippen molar-refractivity contribution in [2.75, 3.05) is 26.4 Å². The third-order valence-electron chi connectivity index (χ3n) is 1.73. The first-order valence-corrected chi connectivity index (χ1v) is 4.18. The quantitative estimate of drug-likeness (QED) is 0.275. The zero-order valence-electron chi connectivity index (χ0n) is 8.63. The van der Waals surface area contributed by atoms with Gasteiger partial charge in [0.2, 0.25) is 0 Å². The number of aliphatic hydroxyl groups excluding tert-OH is 4. The molecule has 0 fully saturated rings. The molecule has 0 radical (unpaired) electrons. The predicted molar refractivity (Wildman–Crippen MR) is 53.2 cm³/mol. The van der Waals surface area contributed by atoms with Gasteiger partial charge in [-0.25, -0.2) is 4.79 Å². The van der Waals surface area contributed by atoms with Crippen LogP contribution in [-0.2, 0) is 4.79 Å². The smallest absolute Gasteiger partial charge is 0.345 e. The molecule has 7 nitrogen and oxygen atoms in total. The van der Waals surface area contributed by atoms with Crippen molar-refractivity contribution in [3.63, 3.8) is 0 Å². The van der Waals surface area contributed by atoms with Crippen LogP contribution in [0.1, 0.15) is 0 Å². The van der Waals surface area contributed by atoms with Crippen LogP contribution in [0.5, 0.6) is 0 Å². The van der Waals surface area contributed by atoms with E-state index in [1.165, 1.54) is 6.07 Å². The largest absolute Gasteiger partial charge is 0.477 e. The van der Waals surface area contributed by atoms with E-state index in [0.717, 1.165) is 0 Å². The number of carbonyl (C=O) groups is 1. The molecule has 0 atom stereocenters. The minimum absolute atomic E-state index is 0.406. The number of nitriles is 1. The van der Waals surface area contributed by atoms with Crippen molar-refractivity contribution in [1.82, 2.24) is 0 Å². The van der Waals surface area contributed by atoms with Gasteiger partial charge in [0, 0.05) is 0 Å². The van der Waals surface area contributed by atoms with E-state index in [9.17, 15) is 4.79 Å². The monoisotopic (exact) mass is 233 g/mol. The van der Waals surface area contributed by atoms with Gasteiger partial charge in [0.05, 0.1) is 31.8 Å². The van der Waals surface area contributed by atoms with Crippen molar-refractivity contribution in [2.45, 2.75) is 0 Å². The van der Waals surface area contributed by atoms with Crippen LogP contribution in [0.15, 0.2) is 12.2 Å². The van der Waals surface area contributed by atoms with Gasteiger partial charge in [-0.2, -0.15) is 5.26 Å². The molecule has 0 spiro atoms. The van der Waals surface area contributed by atoms with E-state index in [-0.39, 0.29) is 0 Å². The molecular formula is C9H15NO6. The van der Waals surface area contributed by atoms with E-state index in [1.807, 2.05) is 0 Å². The Balaban J connectivity index is 0. The summed E-state index contributed by atoms with van der Waals surface area (Å²) in [6.45, 7) is 1.29. The molecule has 0 aromatic rings. The molecule has 0 rings (SSSR count). The van der Waals surface area contributed by atoms with Gasteiger partial charge in [-0.3, -0.25) is 0 Å². The summed E-state index contributed by atoms with van der Waals surface area (Å²) in [6, 6.07) is 1.37. The third-order valence-corrected chi connectivity index (χ3v) is 1.73. The van der Waals surface area contributed by atoms with Crippen LogP contribution in [0.3, 0.4) is 0 Å². The summed E-state index contributed by atoms with van der Waals surface area (Å²) in [5, 5.41) is 49.6. The first-order valence-electron chi connectivity index (χ1n) is 4.18. The Morgan fingerprint density at radius 2 is 1.44 bits per heavy atom. The Kier molecular flexibility index (Phi) is 9.34. The number of carboxylic acids is 1. The van der Waals surface area contributed by atoms with Gasteiger partial charge >= 0.3 is 5.97 Å². The van der Waals surface area contributed by atoms with E-state index in [0.29, 0.717) is 0 Å². The minimum Gasteiger partial charge on any atom is -0.477 e. The molecule has 16 heavy (non-hydrogen) atoms. The fourth-order valence-corrected chi connectivity index (χ4v) is 0.348. The average molecular weight is 233 g/mol. The van der Waals surface area contributed by atoms with Crippen LogP contribution in [0.2, 0.25) is 0 Å². The van der Waals surface area contributed by atoms with Crippen molar-refractivity contribution in [2.24, 2.45) is 5.41 Å². The Labute approximate surface area is 92.5 Å². The zero-order chi connectivity index (χ0) is 13.2. The summed E-state index contributed by atoms with van der Waals surface area (Å²) in [6.07, 6.45) is 0. The van der Waals surface area contributed by atoms with Crippen LogP contribution in [0.4, 0.5) is 0 Å².